The van der Waals surface area contributed by atoms with E-state index < -0.39 is 29.6 Å². The number of ether oxygens (including phenoxy) is 8. The van der Waals surface area contributed by atoms with E-state index in [1.54, 1.807) is 20.8 Å². The Morgan fingerprint density at radius 2 is 1.09 bits per heavy atom. The first-order valence-corrected chi connectivity index (χ1v) is 20.0. The van der Waals surface area contributed by atoms with Crippen LogP contribution in [0.25, 0.3) is 0 Å². The highest BCUT2D eigenvalue weighted by Crippen LogP contribution is 2.28. The van der Waals surface area contributed by atoms with Gasteiger partial charge in [0.25, 0.3) is 0 Å². The van der Waals surface area contributed by atoms with Gasteiger partial charge >= 0.3 is 11.9 Å². The lowest BCUT2D eigenvalue weighted by atomic mass is 9.87. The zero-order valence-corrected chi connectivity index (χ0v) is 35.4. The zero-order valence-electron chi connectivity index (χ0n) is 35.4. The third kappa shape index (κ3) is 24.4. The maximum Gasteiger partial charge on any atom is 0.333 e. The molecule has 0 aliphatic carbocycles. The number of nitrogens with one attached hydrogen (secondary N) is 2. The standard InChI is InChI=1S/C41H74N2O12/c1-12-34(18-22-48-16-5)54-28-41(15-4,27-53-32(10)17-23-49-33(11)37(44)42-20-25-51-39(46)30(6)7)29-55-35(13-2)19-24-50-36(14-3)38(45)43-21-26-52-40(47)31(8)9/h32-36H,6,8,12-29H2,1-5,7,9-11H3,(H,42,44)(H,43,45). The van der Waals surface area contributed by atoms with Crippen molar-refractivity contribution in [3.05, 3.63) is 24.3 Å². The summed E-state index contributed by atoms with van der Waals surface area (Å²) in [6.45, 7) is 27.7. The molecule has 0 aromatic heterocycles. The molecular weight excluding hydrogens is 712 g/mol. The molecule has 14 nitrogen and oxygen atoms in total. The molecule has 320 valence electrons. The van der Waals surface area contributed by atoms with Crippen molar-refractivity contribution in [2.24, 2.45) is 5.41 Å². The summed E-state index contributed by atoms with van der Waals surface area (Å²) in [5, 5.41) is 5.46. The molecule has 55 heavy (non-hydrogen) atoms. The highest BCUT2D eigenvalue weighted by molar-refractivity contribution is 5.87. The molecule has 14 heteroatoms. The van der Waals surface area contributed by atoms with Crippen molar-refractivity contribution in [2.45, 2.75) is 138 Å². The molecule has 0 rings (SSSR count). The summed E-state index contributed by atoms with van der Waals surface area (Å²) in [6, 6.07) is 0. The van der Waals surface area contributed by atoms with Crippen LogP contribution >= 0.6 is 0 Å². The lowest BCUT2D eigenvalue weighted by molar-refractivity contribution is -0.140. The van der Waals surface area contributed by atoms with Crippen LogP contribution in [0.1, 0.15) is 107 Å². The molecule has 0 bridgehead atoms. The van der Waals surface area contributed by atoms with Crippen LogP contribution in [0.4, 0.5) is 0 Å². The molecule has 6 atom stereocenters. The molecule has 0 saturated carbocycles. The monoisotopic (exact) mass is 787 g/mol. The van der Waals surface area contributed by atoms with Crippen LogP contribution in [0.2, 0.25) is 0 Å². The molecule has 2 N–H and O–H groups in total. The average molecular weight is 787 g/mol. The van der Waals surface area contributed by atoms with Gasteiger partial charge in [-0.05, 0) is 79.6 Å². The van der Waals surface area contributed by atoms with Crippen LogP contribution < -0.4 is 10.6 Å². The molecular formula is C41H74N2O12. The molecule has 2 amide bonds. The highest BCUT2D eigenvalue weighted by Gasteiger charge is 2.33. The Balaban J connectivity index is 5.20. The molecule has 0 aliphatic heterocycles. The lowest BCUT2D eigenvalue weighted by Gasteiger charge is -2.36. The fraction of sp³-hybridized carbons (Fsp3) is 0.805. The smallest absolute Gasteiger partial charge is 0.333 e. The van der Waals surface area contributed by atoms with E-state index in [1.807, 2.05) is 20.8 Å². The lowest BCUT2D eigenvalue weighted by Crippen LogP contribution is -2.41. The summed E-state index contributed by atoms with van der Waals surface area (Å²) < 4.78 is 46.7. The predicted molar refractivity (Wildman–Crippen MR) is 212 cm³/mol. The SMILES string of the molecule is C=C(C)C(=O)OCCNC(=O)C(C)OCCC(C)OCC(CC)(COC(CC)CCOCC)COC(CC)CCOC(CC)C(=O)NCCOC(=O)C(=C)C. The molecule has 0 spiro atoms. The van der Waals surface area contributed by atoms with Crippen molar-refractivity contribution < 1.29 is 57.1 Å². The number of hydrogen-bond donors (Lipinski definition) is 2. The number of hydrogen-bond acceptors (Lipinski definition) is 12. The Morgan fingerprint density at radius 1 is 0.600 bits per heavy atom. The summed E-state index contributed by atoms with van der Waals surface area (Å²) in [5.74, 6) is -1.54. The molecule has 0 heterocycles. The molecule has 0 aliphatic rings. The van der Waals surface area contributed by atoms with Gasteiger partial charge in [0, 0.05) is 29.8 Å². The van der Waals surface area contributed by atoms with Gasteiger partial charge in [-0.1, -0.05) is 40.9 Å². The fourth-order valence-electron chi connectivity index (χ4n) is 4.94. The molecule has 0 radical (unpaired) electrons. The average Bonchev–Trinajstić information content (AvgIpc) is 3.17. The van der Waals surface area contributed by atoms with Gasteiger partial charge in [-0.2, -0.15) is 0 Å². The van der Waals surface area contributed by atoms with Crippen LogP contribution in [0.3, 0.4) is 0 Å². The van der Waals surface area contributed by atoms with Crippen molar-refractivity contribution in [3.63, 3.8) is 0 Å². The number of rotatable bonds is 35. The van der Waals surface area contributed by atoms with E-state index in [2.05, 4.69) is 44.6 Å². The molecule has 0 fully saturated rings. The number of esters is 2. The first-order chi connectivity index (χ1) is 26.2. The summed E-state index contributed by atoms with van der Waals surface area (Å²) in [6.07, 6.45) is 3.29. The molecule has 0 aromatic rings. The van der Waals surface area contributed by atoms with Crippen molar-refractivity contribution >= 4 is 23.8 Å². The quantitative estimate of drug-likeness (QED) is 0.0487. The second-order valence-corrected chi connectivity index (χ2v) is 13.9. The third-order valence-corrected chi connectivity index (χ3v) is 9.02. The Bertz CT molecular complexity index is 1120. The van der Waals surface area contributed by atoms with Crippen molar-refractivity contribution in [1.29, 1.82) is 0 Å². The second kappa shape index (κ2) is 31.2. The van der Waals surface area contributed by atoms with E-state index in [1.165, 1.54) is 0 Å². The Labute approximate surface area is 331 Å². The summed E-state index contributed by atoms with van der Waals surface area (Å²) in [5.41, 5.74) is 0.175. The number of carbonyl (C=O) groups is 4. The third-order valence-electron chi connectivity index (χ3n) is 9.02. The highest BCUT2D eigenvalue weighted by atomic mass is 16.5. The summed E-state index contributed by atoms with van der Waals surface area (Å²) in [4.78, 5) is 48.1. The van der Waals surface area contributed by atoms with Crippen molar-refractivity contribution in [3.8, 4) is 0 Å². The first kappa shape index (κ1) is 52.1. The largest absolute Gasteiger partial charge is 0.460 e. The fourth-order valence-corrected chi connectivity index (χ4v) is 4.94. The van der Waals surface area contributed by atoms with Gasteiger partial charge in [-0.3, -0.25) is 9.59 Å². The van der Waals surface area contributed by atoms with Crippen LogP contribution in [0, 0.1) is 5.41 Å². The van der Waals surface area contributed by atoms with Crippen LogP contribution in [-0.4, -0.2) is 127 Å². The normalized spacial score (nSPS) is 15.1. The van der Waals surface area contributed by atoms with Crippen molar-refractivity contribution in [1.82, 2.24) is 10.6 Å². The van der Waals surface area contributed by atoms with Gasteiger partial charge in [-0.25, -0.2) is 9.59 Å². The first-order valence-electron chi connectivity index (χ1n) is 20.0. The van der Waals surface area contributed by atoms with E-state index in [9.17, 15) is 19.2 Å². The predicted octanol–water partition coefficient (Wildman–Crippen LogP) is 5.26. The van der Waals surface area contributed by atoms with E-state index in [0.717, 1.165) is 25.7 Å². The van der Waals surface area contributed by atoms with Crippen LogP contribution in [0.5, 0.6) is 0 Å². The molecule has 6 unspecified atom stereocenters. The minimum absolute atomic E-state index is 0.0414. The second-order valence-electron chi connectivity index (χ2n) is 13.9. The molecule has 0 aromatic carbocycles. The zero-order chi connectivity index (χ0) is 41.6. The number of carbonyl (C=O) groups excluding carboxylic acids is 4. The van der Waals surface area contributed by atoms with E-state index in [-0.39, 0.29) is 56.4 Å². The number of amides is 2. The maximum atomic E-state index is 12.7. The maximum absolute atomic E-state index is 12.7. The Hall–Kier alpha value is -2.88. The topological polar surface area (TPSA) is 166 Å². The van der Waals surface area contributed by atoms with E-state index in [4.69, 9.17) is 37.9 Å². The van der Waals surface area contributed by atoms with Gasteiger partial charge in [0.1, 0.15) is 25.4 Å². The van der Waals surface area contributed by atoms with E-state index in [0.29, 0.717) is 76.7 Å². The van der Waals surface area contributed by atoms with Gasteiger partial charge in [0.2, 0.25) is 11.8 Å². The van der Waals surface area contributed by atoms with Gasteiger partial charge in [0.15, 0.2) is 0 Å². The van der Waals surface area contributed by atoms with Gasteiger partial charge in [-0.15, -0.1) is 0 Å². The molecule has 0 saturated heterocycles. The summed E-state index contributed by atoms with van der Waals surface area (Å²) >= 11 is 0. The minimum Gasteiger partial charge on any atom is -0.460 e. The Kier molecular flexibility index (Phi) is 29.6. The summed E-state index contributed by atoms with van der Waals surface area (Å²) in [7, 11) is 0. The van der Waals surface area contributed by atoms with E-state index >= 15 is 0 Å². The van der Waals surface area contributed by atoms with Crippen LogP contribution in [-0.2, 0) is 57.1 Å². The van der Waals surface area contributed by atoms with Crippen LogP contribution in [0.15, 0.2) is 24.3 Å². The van der Waals surface area contributed by atoms with Gasteiger partial charge < -0.3 is 48.5 Å². The van der Waals surface area contributed by atoms with Crippen molar-refractivity contribution in [2.75, 3.05) is 72.6 Å². The minimum atomic E-state index is -0.682. The van der Waals surface area contributed by atoms with Gasteiger partial charge in [0.05, 0.1) is 64.4 Å². The Morgan fingerprint density at radius 3 is 1.56 bits per heavy atom.